The summed E-state index contributed by atoms with van der Waals surface area (Å²) in [6.07, 6.45) is 0.256. The fraction of sp³-hybridized carbons (Fsp3) is 0.500. The fourth-order valence-electron chi connectivity index (χ4n) is 2.84. The molecule has 0 amide bonds. The fourth-order valence-corrected chi connectivity index (χ4v) is 4.66. The Morgan fingerprint density at radius 1 is 1.32 bits per heavy atom. The van der Waals surface area contributed by atoms with Gasteiger partial charge in [-0.15, -0.1) is 0 Å². The van der Waals surface area contributed by atoms with Gasteiger partial charge in [-0.25, -0.2) is 8.42 Å². The molecule has 2 aliphatic heterocycles. The van der Waals surface area contributed by atoms with Crippen molar-refractivity contribution in [3.63, 3.8) is 0 Å². The van der Waals surface area contributed by atoms with E-state index in [1.807, 2.05) is 0 Å². The molecule has 1 aromatic carbocycles. The minimum absolute atomic E-state index is 0.166. The third kappa shape index (κ3) is 2.22. The lowest BCUT2D eigenvalue weighted by molar-refractivity contribution is -0.145. The van der Waals surface area contributed by atoms with Crippen LogP contribution in [0.5, 0.6) is 11.5 Å². The van der Waals surface area contributed by atoms with Gasteiger partial charge in [-0.2, -0.15) is 4.31 Å². The van der Waals surface area contributed by atoms with Gasteiger partial charge in [-0.05, 0) is 11.6 Å². The number of benzene rings is 1. The van der Waals surface area contributed by atoms with Crippen LogP contribution >= 0.6 is 0 Å². The van der Waals surface area contributed by atoms with Crippen molar-refractivity contribution in [3.05, 3.63) is 17.7 Å². The summed E-state index contributed by atoms with van der Waals surface area (Å²) in [6, 6.07) is 2.27. The van der Waals surface area contributed by atoms with E-state index in [0.29, 0.717) is 30.3 Å². The topological polar surface area (TPSA) is 82.1 Å². The molecule has 0 spiro atoms. The highest BCUT2D eigenvalue weighted by Gasteiger charge is 2.42. The van der Waals surface area contributed by atoms with Crippen LogP contribution in [0.25, 0.3) is 0 Å². The van der Waals surface area contributed by atoms with E-state index < -0.39 is 22.0 Å². The molecule has 0 saturated carbocycles. The summed E-state index contributed by atoms with van der Waals surface area (Å²) in [5, 5.41) is 0. The third-order valence-corrected chi connectivity index (χ3v) is 5.92. The Morgan fingerprint density at radius 3 is 2.55 bits per heavy atom. The number of ether oxygens (including phenoxy) is 3. The number of carbonyl (C=O) groups excluding carboxylic acids is 1. The van der Waals surface area contributed by atoms with Gasteiger partial charge in [-0.1, -0.05) is 6.92 Å². The van der Waals surface area contributed by atoms with Crippen molar-refractivity contribution in [2.24, 2.45) is 0 Å². The van der Waals surface area contributed by atoms with E-state index in [2.05, 4.69) is 0 Å². The Labute approximate surface area is 128 Å². The van der Waals surface area contributed by atoms with Crippen LogP contribution in [0.3, 0.4) is 0 Å². The van der Waals surface area contributed by atoms with Gasteiger partial charge in [0, 0.05) is 19.0 Å². The molecule has 2 heterocycles. The Balaban J connectivity index is 2.14. The smallest absolute Gasteiger partial charge is 0.324 e. The van der Waals surface area contributed by atoms with E-state index in [1.165, 1.54) is 13.2 Å². The molecular weight excluding hydrogens is 310 g/mol. The minimum atomic E-state index is -3.77. The lowest BCUT2D eigenvalue weighted by Crippen LogP contribution is -2.49. The van der Waals surface area contributed by atoms with Gasteiger partial charge in [0.05, 0.1) is 12.0 Å². The van der Waals surface area contributed by atoms with Crippen molar-refractivity contribution in [2.45, 2.75) is 24.3 Å². The standard InChI is InChI=1S/C14H17NO6S/c1-3-15-10(14(16)19-2)6-9-7-11-12(21-5-4-20-11)8-13(9)22(15,17)18/h7-8,10H,3-6H2,1-2H3/t10-/m0/s1. The van der Waals surface area contributed by atoms with Crippen molar-refractivity contribution in [2.75, 3.05) is 26.9 Å². The van der Waals surface area contributed by atoms with E-state index in [9.17, 15) is 13.2 Å². The average molecular weight is 327 g/mol. The van der Waals surface area contributed by atoms with Crippen LogP contribution in [0, 0.1) is 0 Å². The first-order chi connectivity index (χ1) is 10.5. The molecule has 1 atom stereocenters. The molecule has 2 aliphatic rings. The van der Waals surface area contributed by atoms with Crippen molar-refractivity contribution < 1.29 is 27.4 Å². The second-order valence-corrected chi connectivity index (χ2v) is 6.91. The molecule has 0 aliphatic carbocycles. The van der Waals surface area contributed by atoms with Crippen molar-refractivity contribution >= 4 is 16.0 Å². The van der Waals surface area contributed by atoms with E-state index in [-0.39, 0.29) is 17.9 Å². The summed E-state index contributed by atoms with van der Waals surface area (Å²) >= 11 is 0. The van der Waals surface area contributed by atoms with Crippen LogP contribution < -0.4 is 9.47 Å². The molecule has 0 saturated heterocycles. The number of carbonyl (C=O) groups is 1. The van der Waals surface area contributed by atoms with Crippen molar-refractivity contribution in [3.8, 4) is 11.5 Å². The molecule has 0 bridgehead atoms. The van der Waals surface area contributed by atoms with E-state index in [1.54, 1.807) is 13.0 Å². The van der Waals surface area contributed by atoms with Crippen LogP contribution in [-0.4, -0.2) is 51.6 Å². The molecule has 3 rings (SSSR count). The molecule has 0 N–H and O–H groups in total. The maximum Gasteiger partial charge on any atom is 0.324 e. The molecule has 0 aromatic heterocycles. The second-order valence-electron chi connectivity index (χ2n) is 5.06. The SMILES string of the molecule is CCN1[C@H](C(=O)OC)Cc2cc3c(cc2S1(=O)=O)OCCO3. The molecule has 1 aromatic rings. The maximum atomic E-state index is 12.8. The lowest BCUT2D eigenvalue weighted by atomic mass is 10.0. The van der Waals surface area contributed by atoms with E-state index >= 15 is 0 Å². The van der Waals surface area contributed by atoms with Crippen LogP contribution in [0.15, 0.2) is 17.0 Å². The number of fused-ring (bicyclic) bond motifs is 2. The number of hydrogen-bond acceptors (Lipinski definition) is 6. The Bertz CT molecular complexity index is 714. The predicted molar refractivity (Wildman–Crippen MR) is 76.5 cm³/mol. The highest BCUT2D eigenvalue weighted by Crippen LogP contribution is 2.39. The van der Waals surface area contributed by atoms with Gasteiger partial charge in [0.25, 0.3) is 0 Å². The summed E-state index contributed by atoms with van der Waals surface area (Å²) in [4.78, 5) is 12.1. The summed E-state index contributed by atoms with van der Waals surface area (Å²) in [6.45, 7) is 2.68. The third-order valence-electron chi connectivity index (χ3n) is 3.86. The summed E-state index contributed by atoms with van der Waals surface area (Å²) in [7, 11) is -2.52. The van der Waals surface area contributed by atoms with Crippen LogP contribution in [-0.2, 0) is 26.0 Å². The van der Waals surface area contributed by atoms with Crippen LogP contribution in [0.4, 0.5) is 0 Å². The highest BCUT2D eigenvalue weighted by atomic mass is 32.2. The van der Waals surface area contributed by atoms with Gasteiger partial charge in [0.15, 0.2) is 11.5 Å². The number of sulfonamides is 1. The normalized spacial score (nSPS) is 22.7. The van der Waals surface area contributed by atoms with Gasteiger partial charge in [0.2, 0.25) is 10.0 Å². The first-order valence-electron chi connectivity index (χ1n) is 7.01. The molecular formula is C14H17NO6S. The quantitative estimate of drug-likeness (QED) is 0.739. The Kier molecular flexibility index (Phi) is 3.73. The van der Waals surface area contributed by atoms with Gasteiger partial charge >= 0.3 is 5.97 Å². The summed E-state index contributed by atoms with van der Waals surface area (Å²) in [5.74, 6) is 0.362. The highest BCUT2D eigenvalue weighted by molar-refractivity contribution is 7.89. The van der Waals surface area contributed by atoms with Crippen molar-refractivity contribution in [1.29, 1.82) is 0 Å². The second kappa shape index (κ2) is 5.44. The molecule has 0 radical (unpaired) electrons. The molecule has 22 heavy (non-hydrogen) atoms. The largest absolute Gasteiger partial charge is 0.486 e. The lowest BCUT2D eigenvalue weighted by Gasteiger charge is -2.34. The minimum Gasteiger partial charge on any atom is -0.486 e. The van der Waals surface area contributed by atoms with E-state index in [0.717, 1.165) is 4.31 Å². The van der Waals surface area contributed by atoms with Gasteiger partial charge < -0.3 is 14.2 Å². The molecule has 0 fully saturated rings. The Hall–Kier alpha value is -1.80. The zero-order chi connectivity index (χ0) is 15.9. The van der Waals surface area contributed by atoms with Crippen LogP contribution in [0.2, 0.25) is 0 Å². The van der Waals surface area contributed by atoms with Crippen molar-refractivity contribution in [1.82, 2.24) is 4.31 Å². The zero-order valence-corrected chi connectivity index (χ0v) is 13.2. The molecule has 7 nitrogen and oxygen atoms in total. The maximum absolute atomic E-state index is 12.8. The number of rotatable bonds is 2. The molecule has 120 valence electrons. The Morgan fingerprint density at radius 2 is 1.95 bits per heavy atom. The summed E-state index contributed by atoms with van der Waals surface area (Å²) < 4.78 is 42.4. The predicted octanol–water partition coefficient (Wildman–Crippen LogP) is 0.566. The van der Waals surface area contributed by atoms with Crippen LogP contribution in [0.1, 0.15) is 12.5 Å². The average Bonchev–Trinajstić information content (AvgIpc) is 2.52. The number of hydrogen-bond donors (Lipinski definition) is 0. The zero-order valence-electron chi connectivity index (χ0n) is 12.4. The number of esters is 1. The van der Waals surface area contributed by atoms with E-state index in [4.69, 9.17) is 14.2 Å². The number of methoxy groups -OCH3 is 1. The van der Waals surface area contributed by atoms with Gasteiger partial charge in [-0.3, -0.25) is 4.79 Å². The number of likely N-dealkylation sites (N-methyl/N-ethyl adjacent to an activating group) is 1. The first kappa shape index (κ1) is 15.1. The summed E-state index contributed by atoms with van der Waals surface area (Å²) in [5.41, 5.74) is 0.546. The number of nitrogens with zero attached hydrogens (tertiary/aromatic N) is 1. The monoisotopic (exact) mass is 327 g/mol. The first-order valence-corrected chi connectivity index (χ1v) is 8.45. The van der Waals surface area contributed by atoms with Gasteiger partial charge in [0.1, 0.15) is 19.3 Å². The molecule has 0 unspecified atom stereocenters. The molecule has 8 heteroatoms.